The van der Waals surface area contributed by atoms with Gasteiger partial charge < -0.3 is 4.90 Å². The number of halogens is 6. The highest BCUT2D eigenvalue weighted by atomic mass is 32.5. The summed E-state index contributed by atoms with van der Waals surface area (Å²) in [4.78, 5) is 7.29. The summed E-state index contributed by atoms with van der Waals surface area (Å²) in [6.07, 6.45) is 5.29. The lowest BCUT2D eigenvalue weighted by molar-refractivity contribution is 0.247. The number of nitrogens with zero attached hydrogens (tertiary/aromatic N) is 5. The van der Waals surface area contributed by atoms with Crippen LogP contribution >= 0.6 is 10.2 Å². The number of hydrogen-bond donors (Lipinski definition) is 0. The van der Waals surface area contributed by atoms with E-state index in [9.17, 15) is 23.8 Å². The van der Waals surface area contributed by atoms with Gasteiger partial charge in [-0.3, -0.25) is 9.58 Å². The van der Waals surface area contributed by atoms with Crippen LogP contribution < -0.4 is 4.90 Å². The van der Waals surface area contributed by atoms with E-state index in [2.05, 4.69) is 19.9 Å². The van der Waals surface area contributed by atoms with Crippen LogP contribution in [-0.2, 0) is 6.54 Å². The highest BCUT2D eigenvalue weighted by Crippen LogP contribution is 3.02. The summed E-state index contributed by atoms with van der Waals surface area (Å²) in [7, 11) is -9.77. The summed E-state index contributed by atoms with van der Waals surface area (Å²) in [5, 5.41) is 4.30. The van der Waals surface area contributed by atoms with Gasteiger partial charge in [0.25, 0.3) is 0 Å². The molecule has 37 heavy (non-hydrogen) atoms. The molecule has 200 valence electrons. The Morgan fingerprint density at radius 1 is 0.973 bits per heavy atom. The molecule has 0 amide bonds. The summed E-state index contributed by atoms with van der Waals surface area (Å²) in [6.45, 7) is 6.02. The number of anilines is 1. The smallest absolute Gasteiger partial charge is 0.310 e. The minimum atomic E-state index is -9.77. The highest BCUT2D eigenvalue weighted by molar-refractivity contribution is 8.45. The standard InChI is InChI=1S/C25H27F6N5S/c1-18-14-24(23(26)15-19-2-6-22(7-3-19)37(27,28,29,30)31)33-36(18)17-20-8-9-32-25(16-20)35-12-10-34(11-13-35)21-4-5-21/h2-3,6-9,14-16,21H,4-5,10-13,17H2,1H3/b23-15-. The maximum Gasteiger partial charge on any atom is 0.310 e. The van der Waals surface area contributed by atoms with Crippen LogP contribution in [0.4, 0.5) is 29.6 Å². The minimum Gasteiger partial charge on any atom is -0.354 e. The van der Waals surface area contributed by atoms with Gasteiger partial charge in [-0.25, -0.2) is 9.37 Å². The SMILES string of the molecule is Cc1cc(/C(F)=C/c2ccc(S(F)(F)(F)(F)F)cc2)nn1Cc1ccnc(N2CCN(C3CC3)CC2)c1. The molecule has 1 saturated carbocycles. The molecule has 0 unspecified atom stereocenters. The van der Waals surface area contributed by atoms with Gasteiger partial charge in [-0.1, -0.05) is 31.6 Å². The van der Waals surface area contributed by atoms with Crippen molar-refractivity contribution < 1.29 is 23.8 Å². The molecule has 1 aliphatic carbocycles. The van der Waals surface area contributed by atoms with E-state index in [1.165, 1.54) is 18.9 Å². The first-order valence-electron chi connectivity index (χ1n) is 12.0. The first kappa shape index (κ1) is 25.7. The quantitative estimate of drug-likeness (QED) is 0.300. The van der Waals surface area contributed by atoms with Gasteiger partial charge in [0.15, 0.2) is 5.83 Å². The molecule has 1 aliphatic heterocycles. The number of aromatic nitrogens is 3. The Bertz CT molecular complexity index is 1330. The maximum atomic E-state index is 14.8. The fourth-order valence-electron chi connectivity index (χ4n) is 4.49. The number of benzene rings is 1. The van der Waals surface area contributed by atoms with Crippen LogP contribution in [0, 0.1) is 6.92 Å². The molecule has 12 heteroatoms. The van der Waals surface area contributed by atoms with Crippen molar-refractivity contribution in [3.05, 3.63) is 71.2 Å². The normalized spacial score (nSPS) is 19.5. The molecule has 2 aromatic heterocycles. The van der Waals surface area contributed by atoms with E-state index in [4.69, 9.17) is 0 Å². The number of piperazine rings is 1. The molecule has 5 rings (SSSR count). The van der Waals surface area contributed by atoms with Crippen LogP contribution in [-0.4, -0.2) is 51.9 Å². The average molecular weight is 544 g/mol. The van der Waals surface area contributed by atoms with Crippen LogP contribution in [0.2, 0.25) is 0 Å². The van der Waals surface area contributed by atoms with Crippen LogP contribution in [0.3, 0.4) is 0 Å². The van der Waals surface area contributed by atoms with Crippen molar-refractivity contribution in [3.63, 3.8) is 0 Å². The highest BCUT2D eigenvalue weighted by Gasteiger charge is 2.65. The third-order valence-corrected chi connectivity index (χ3v) is 7.85. The van der Waals surface area contributed by atoms with Gasteiger partial charge in [-0.15, -0.1) is 0 Å². The van der Waals surface area contributed by atoms with Crippen molar-refractivity contribution in [1.29, 1.82) is 0 Å². The van der Waals surface area contributed by atoms with Gasteiger partial charge in [0, 0.05) is 44.1 Å². The molecule has 5 nitrogen and oxygen atoms in total. The molecule has 3 aromatic rings. The van der Waals surface area contributed by atoms with E-state index < -0.39 is 20.9 Å². The van der Waals surface area contributed by atoms with Gasteiger partial charge in [-0.05, 0) is 67.3 Å². The van der Waals surface area contributed by atoms with E-state index >= 15 is 0 Å². The van der Waals surface area contributed by atoms with Crippen molar-refractivity contribution in [2.45, 2.75) is 37.2 Å². The van der Waals surface area contributed by atoms with E-state index in [1.807, 2.05) is 12.1 Å². The van der Waals surface area contributed by atoms with Crippen LogP contribution in [0.15, 0.2) is 53.6 Å². The third-order valence-electron chi connectivity index (χ3n) is 6.69. The fourth-order valence-corrected chi connectivity index (χ4v) is 5.14. The Morgan fingerprint density at radius 2 is 1.65 bits per heavy atom. The number of rotatable bonds is 7. The zero-order valence-electron chi connectivity index (χ0n) is 20.1. The Labute approximate surface area is 211 Å². The largest absolute Gasteiger partial charge is 0.354 e. The van der Waals surface area contributed by atoms with E-state index in [0.717, 1.165) is 61.8 Å². The topological polar surface area (TPSA) is 37.2 Å². The maximum absolute atomic E-state index is 14.8. The average Bonchev–Trinajstić information content (AvgIpc) is 3.62. The van der Waals surface area contributed by atoms with E-state index in [0.29, 0.717) is 12.2 Å². The first-order valence-corrected chi connectivity index (χ1v) is 13.9. The summed E-state index contributed by atoms with van der Waals surface area (Å²) in [6, 6.07) is 8.28. The van der Waals surface area contributed by atoms with Gasteiger partial charge in [-0.2, -0.15) is 5.10 Å². The van der Waals surface area contributed by atoms with Crippen molar-refractivity contribution in [1.82, 2.24) is 19.7 Å². The molecule has 2 aliphatic rings. The molecular weight excluding hydrogens is 516 g/mol. The molecular formula is C25H27F6N5S. The van der Waals surface area contributed by atoms with Crippen molar-refractivity contribution in [2.75, 3.05) is 31.1 Å². The third kappa shape index (κ3) is 6.12. The van der Waals surface area contributed by atoms with E-state index in [-0.39, 0.29) is 23.4 Å². The van der Waals surface area contributed by atoms with E-state index in [1.54, 1.807) is 17.8 Å². The van der Waals surface area contributed by atoms with Crippen molar-refractivity contribution in [3.8, 4) is 0 Å². The zero-order chi connectivity index (χ0) is 26.5. The predicted molar refractivity (Wildman–Crippen MR) is 134 cm³/mol. The Morgan fingerprint density at radius 3 is 2.27 bits per heavy atom. The second-order valence-electron chi connectivity index (χ2n) is 9.64. The molecule has 0 atom stereocenters. The van der Waals surface area contributed by atoms with Crippen LogP contribution in [0.1, 0.15) is 35.4 Å². The van der Waals surface area contributed by atoms with Crippen molar-refractivity contribution in [2.24, 2.45) is 0 Å². The number of hydrogen-bond acceptors (Lipinski definition) is 4. The fraction of sp³-hybridized carbons (Fsp3) is 0.360. The van der Waals surface area contributed by atoms with Crippen LogP contribution in [0.5, 0.6) is 0 Å². The zero-order valence-corrected chi connectivity index (χ0v) is 21.0. The Balaban J connectivity index is 1.28. The predicted octanol–water partition coefficient (Wildman–Crippen LogP) is 7.04. The monoisotopic (exact) mass is 543 g/mol. The molecule has 0 spiro atoms. The number of aryl methyl sites for hydroxylation is 1. The lowest BCUT2D eigenvalue weighted by Gasteiger charge is -2.40. The summed E-state index contributed by atoms with van der Waals surface area (Å²) in [5.41, 5.74) is 1.64. The lowest BCUT2D eigenvalue weighted by atomic mass is 10.2. The minimum absolute atomic E-state index is 0.000215. The number of pyridine rings is 1. The van der Waals surface area contributed by atoms with Crippen LogP contribution in [0.25, 0.3) is 11.9 Å². The molecule has 3 heterocycles. The Hall–Kier alpha value is -2.99. The molecule has 1 saturated heterocycles. The second-order valence-corrected chi connectivity index (χ2v) is 12.0. The van der Waals surface area contributed by atoms with Gasteiger partial charge in [0.2, 0.25) is 0 Å². The molecule has 2 fully saturated rings. The van der Waals surface area contributed by atoms with Crippen molar-refractivity contribution >= 4 is 27.9 Å². The molecule has 0 bridgehead atoms. The van der Waals surface area contributed by atoms with Gasteiger partial charge >= 0.3 is 10.2 Å². The summed E-state index contributed by atoms with van der Waals surface area (Å²) < 4.78 is 81.0. The molecule has 0 radical (unpaired) electrons. The van der Waals surface area contributed by atoms with Gasteiger partial charge in [0.1, 0.15) is 16.4 Å². The van der Waals surface area contributed by atoms with Gasteiger partial charge in [0.05, 0.1) is 6.54 Å². The summed E-state index contributed by atoms with van der Waals surface area (Å²) >= 11 is 0. The lowest BCUT2D eigenvalue weighted by Crippen LogP contribution is -2.47. The first-order chi connectivity index (χ1) is 17.2. The Kier molecular flexibility index (Phi) is 5.91. The summed E-state index contributed by atoms with van der Waals surface area (Å²) in [5.74, 6) is 0.102. The molecule has 0 N–H and O–H groups in total. The molecule has 1 aromatic carbocycles. The second kappa shape index (κ2) is 8.52.